The molecule has 10 heteroatoms. The van der Waals surface area contributed by atoms with Gasteiger partial charge in [0.25, 0.3) is 11.2 Å². The Hall–Kier alpha value is -4.31. The minimum absolute atomic E-state index is 0.0229. The number of nitro benzene ring substituents is 1. The van der Waals surface area contributed by atoms with Crippen molar-refractivity contribution in [3.63, 3.8) is 0 Å². The van der Waals surface area contributed by atoms with Gasteiger partial charge in [-0.1, -0.05) is 41.3 Å². The van der Waals surface area contributed by atoms with Crippen LogP contribution in [0.4, 0.5) is 5.69 Å². The van der Waals surface area contributed by atoms with E-state index in [4.69, 9.17) is 19.6 Å². The quantitative estimate of drug-likeness (QED) is 0.0716. The minimum Gasteiger partial charge on any atom is -0.490 e. The third-order valence-corrected chi connectivity index (χ3v) is 7.97. The number of nitro groups is 1. The molecule has 0 atom stereocenters. The third-order valence-electron chi connectivity index (χ3n) is 7.47. The Labute approximate surface area is 258 Å². The summed E-state index contributed by atoms with van der Waals surface area (Å²) in [4.78, 5) is 29.2. The summed E-state index contributed by atoms with van der Waals surface area (Å²) in [7, 11) is 0. The van der Waals surface area contributed by atoms with Crippen molar-refractivity contribution in [3.8, 4) is 11.5 Å². The Morgan fingerprint density at radius 2 is 1.88 bits per heavy atom. The van der Waals surface area contributed by atoms with Gasteiger partial charge >= 0.3 is 0 Å². The first-order valence-corrected chi connectivity index (χ1v) is 15.2. The summed E-state index contributed by atoms with van der Waals surface area (Å²) in [6.45, 7) is 6.41. The number of fused-ring (bicyclic) bond motifs is 1. The summed E-state index contributed by atoms with van der Waals surface area (Å²) < 4.78 is 14.4. The average molecular weight is 646 g/mol. The van der Waals surface area contributed by atoms with Crippen LogP contribution in [-0.4, -0.2) is 27.4 Å². The monoisotopic (exact) mass is 644 g/mol. The largest absolute Gasteiger partial charge is 0.490 e. The second-order valence-electron chi connectivity index (χ2n) is 10.5. The molecule has 1 heterocycles. The molecule has 1 saturated carbocycles. The van der Waals surface area contributed by atoms with Crippen molar-refractivity contribution in [3.05, 3.63) is 115 Å². The zero-order valence-electron chi connectivity index (χ0n) is 24.0. The van der Waals surface area contributed by atoms with Gasteiger partial charge in [0.05, 0.1) is 28.6 Å². The fourth-order valence-corrected chi connectivity index (χ4v) is 5.75. The lowest BCUT2D eigenvalue weighted by molar-refractivity contribution is -0.384. The van der Waals surface area contributed by atoms with Crippen molar-refractivity contribution in [2.24, 2.45) is 5.10 Å². The minimum atomic E-state index is -0.431. The number of nitrogens with zero attached hydrogens (tertiary/aromatic N) is 4. The maximum atomic E-state index is 13.7. The molecule has 1 aliphatic rings. The summed E-state index contributed by atoms with van der Waals surface area (Å²) in [6, 6.07) is 15.6. The van der Waals surface area contributed by atoms with Crippen LogP contribution < -0.4 is 15.0 Å². The van der Waals surface area contributed by atoms with E-state index in [-0.39, 0.29) is 23.8 Å². The highest BCUT2D eigenvalue weighted by Gasteiger charge is 2.23. The van der Waals surface area contributed by atoms with E-state index in [1.54, 1.807) is 30.5 Å². The summed E-state index contributed by atoms with van der Waals surface area (Å²) in [5, 5.41) is 16.2. The maximum absolute atomic E-state index is 13.7. The Morgan fingerprint density at radius 3 is 2.58 bits per heavy atom. The first-order chi connectivity index (χ1) is 20.9. The molecule has 0 aliphatic heterocycles. The summed E-state index contributed by atoms with van der Waals surface area (Å²) in [5.74, 6) is 1.95. The predicted octanol–water partition coefficient (Wildman–Crippen LogP) is 7.70. The number of rotatable bonds is 11. The predicted molar refractivity (Wildman–Crippen MR) is 171 cm³/mol. The molecule has 1 aromatic heterocycles. The standard InChI is InChI=1S/C33H33BrN4O5/c1-3-8-25-17-23(18-30(42-4-2)31(25)43-21-22-11-14-27(15-12-22)38(40)41)20-35-37-32(24-9-6-5-7-10-24)36-29-16-13-26(34)19-28(29)33(37)39/h3,11-20,24H,1,4-10,21H2,2H3. The van der Waals surface area contributed by atoms with Crippen LogP contribution in [0.25, 0.3) is 10.9 Å². The fourth-order valence-electron chi connectivity index (χ4n) is 5.39. The van der Waals surface area contributed by atoms with E-state index in [9.17, 15) is 14.9 Å². The molecule has 0 spiro atoms. The first-order valence-electron chi connectivity index (χ1n) is 14.4. The Morgan fingerprint density at radius 1 is 1.12 bits per heavy atom. The second-order valence-corrected chi connectivity index (χ2v) is 11.4. The second kappa shape index (κ2) is 13.8. The van der Waals surface area contributed by atoms with Gasteiger partial charge in [0.15, 0.2) is 11.5 Å². The third kappa shape index (κ3) is 7.02. The average Bonchev–Trinajstić information content (AvgIpc) is 3.01. The number of allylic oxidation sites excluding steroid dienone is 1. The van der Waals surface area contributed by atoms with Gasteiger partial charge in [-0.3, -0.25) is 14.9 Å². The molecule has 4 aromatic rings. The molecule has 0 radical (unpaired) electrons. The van der Waals surface area contributed by atoms with Crippen LogP contribution in [0.2, 0.25) is 0 Å². The molecule has 5 rings (SSSR count). The zero-order chi connectivity index (χ0) is 30.3. The smallest absolute Gasteiger partial charge is 0.282 e. The first kappa shape index (κ1) is 30.2. The summed E-state index contributed by atoms with van der Waals surface area (Å²) in [6.07, 6.45) is 9.30. The van der Waals surface area contributed by atoms with Crippen LogP contribution in [0, 0.1) is 10.1 Å². The van der Waals surface area contributed by atoms with Gasteiger partial charge in [-0.15, -0.1) is 6.58 Å². The number of non-ortho nitro benzene ring substituents is 1. The van der Waals surface area contributed by atoms with Crippen LogP contribution in [0.1, 0.15) is 67.5 Å². The number of ether oxygens (including phenoxy) is 2. The van der Waals surface area contributed by atoms with Crippen LogP contribution in [0.3, 0.4) is 0 Å². The molecule has 0 saturated heterocycles. The lowest BCUT2D eigenvalue weighted by Crippen LogP contribution is -2.25. The van der Waals surface area contributed by atoms with Gasteiger partial charge < -0.3 is 9.47 Å². The van der Waals surface area contributed by atoms with Crippen molar-refractivity contribution in [1.29, 1.82) is 0 Å². The van der Waals surface area contributed by atoms with Crippen molar-refractivity contribution < 1.29 is 14.4 Å². The number of halogens is 1. The molecule has 0 unspecified atom stereocenters. The molecule has 43 heavy (non-hydrogen) atoms. The molecule has 0 amide bonds. The van der Waals surface area contributed by atoms with Gasteiger partial charge in [-0.05, 0) is 79.8 Å². The zero-order valence-corrected chi connectivity index (χ0v) is 25.6. The van der Waals surface area contributed by atoms with Crippen LogP contribution in [0.15, 0.2) is 81.6 Å². The molecule has 1 aliphatic carbocycles. The highest BCUT2D eigenvalue weighted by atomic mass is 79.9. The lowest BCUT2D eigenvalue weighted by atomic mass is 9.88. The number of hydrogen-bond acceptors (Lipinski definition) is 7. The van der Waals surface area contributed by atoms with Crippen LogP contribution in [-0.2, 0) is 13.0 Å². The molecule has 222 valence electrons. The van der Waals surface area contributed by atoms with Crippen molar-refractivity contribution in [1.82, 2.24) is 9.66 Å². The van der Waals surface area contributed by atoms with Gasteiger partial charge in [-0.25, -0.2) is 4.98 Å². The number of aromatic nitrogens is 2. The van der Waals surface area contributed by atoms with Crippen molar-refractivity contribution >= 4 is 38.7 Å². The molecule has 0 bridgehead atoms. The van der Waals surface area contributed by atoms with Gasteiger partial charge in [-0.2, -0.15) is 9.78 Å². The Bertz CT molecular complexity index is 1730. The Balaban J connectivity index is 1.52. The lowest BCUT2D eigenvalue weighted by Gasteiger charge is -2.22. The molecule has 9 nitrogen and oxygen atoms in total. The van der Waals surface area contributed by atoms with E-state index in [0.717, 1.165) is 46.8 Å². The molecular formula is C33H33BrN4O5. The molecular weight excluding hydrogens is 612 g/mol. The van der Waals surface area contributed by atoms with E-state index in [0.29, 0.717) is 41.3 Å². The SMILES string of the molecule is C=CCc1cc(C=Nn2c(C3CCCCC3)nc3ccc(Br)cc3c2=O)cc(OCC)c1OCc1ccc([N+](=O)[O-])cc1. The van der Waals surface area contributed by atoms with E-state index < -0.39 is 4.92 Å². The maximum Gasteiger partial charge on any atom is 0.282 e. The van der Waals surface area contributed by atoms with Crippen molar-refractivity contribution in [2.45, 2.75) is 58.0 Å². The van der Waals surface area contributed by atoms with Crippen LogP contribution >= 0.6 is 15.9 Å². The van der Waals surface area contributed by atoms with E-state index >= 15 is 0 Å². The molecule has 0 N–H and O–H groups in total. The molecule has 1 fully saturated rings. The van der Waals surface area contributed by atoms with Gasteiger partial charge in [0.2, 0.25) is 0 Å². The molecule has 3 aromatic carbocycles. The fraction of sp³-hybridized carbons (Fsp3) is 0.303. The number of hydrogen-bond donors (Lipinski definition) is 0. The summed E-state index contributed by atoms with van der Waals surface area (Å²) >= 11 is 3.48. The van der Waals surface area contributed by atoms with Gasteiger partial charge in [0.1, 0.15) is 12.4 Å². The van der Waals surface area contributed by atoms with Crippen molar-refractivity contribution in [2.75, 3.05) is 6.61 Å². The van der Waals surface area contributed by atoms with E-state index in [2.05, 4.69) is 22.5 Å². The van der Waals surface area contributed by atoms with E-state index in [1.807, 2.05) is 31.2 Å². The Kier molecular flexibility index (Phi) is 9.66. The topological polar surface area (TPSA) is 109 Å². The van der Waals surface area contributed by atoms with Gasteiger partial charge in [0, 0.05) is 28.1 Å². The summed E-state index contributed by atoms with van der Waals surface area (Å²) in [5.41, 5.74) is 2.84. The highest BCUT2D eigenvalue weighted by Crippen LogP contribution is 2.35. The van der Waals surface area contributed by atoms with E-state index in [1.165, 1.54) is 23.2 Å². The normalized spacial score (nSPS) is 13.8. The van der Waals surface area contributed by atoms with Crippen LogP contribution in [0.5, 0.6) is 11.5 Å². The highest BCUT2D eigenvalue weighted by molar-refractivity contribution is 9.10. The number of benzene rings is 3.